The minimum atomic E-state index is 0.488. The molecule has 4 aromatic rings. The molecule has 0 saturated carbocycles. The molecule has 0 atom stereocenters. The lowest BCUT2D eigenvalue weighted by atomic mass is 10.00. The maximum Gasteiger partial charge on any atom is 0.125 e. The van der Waals surface area contributed by atoms with Gasteiger partial charge in [-0.1, -0.05) is 24.3 Å². The molecule has 5 nitrogen and oxygen atoms in total. The molecule has 2 aromatic heterocycles. The minimum Gasteiger partial charge on any atom is -0.489 e. The zero-order valence-electron chi connectivity index (χ0n) is 15.1. The molecule has 5 heteroatoms. The summed E-state index contributed by atoms with van der Waals surface area (Å²) < 4.78 is 7.94. The van der Waals surface area contributed by atoms with Crippen molar-refractivity contribution in [2.75, 3.05) is 0 Å². The monoisotopic (exact) mass is 344 g/mol. The molecule has 0 unspecified atom stereocenters. The number of benzene rings is 2. The number of aryl methyl sites for hydroxylation is 2. The van der Waals surface area contributed by atoms with Crippen LogP contribution in [0.3, 0.4) is 0 Å². The fourth-order valence-electron chi connectivity index (χ4n) is 2.98. The molecule has 130 valence electrons. The first-order chi connectivity index (χ1) is 12.6. The molecule has 2 heterocycles. The normalized spacial score (nSPS) is 11.0. The SMILES string of the molecule is Cc1ncc(-c2cc(OCc3cnn(C)c3C)cc3ccccc23)cn1. The first-order valence-electron chi connectivity index (χ1n) is 8.54. The van der Waals surface area contributed by atoms with Crippen LogP contribution in [0.5, 0.6) is 5.75 Å². The van der Waals surface area contributed by atoms with Gasteiger partial charge < -0.3 is 4.74 Å². The number of fused-ring (bicyclic) bond motifs is 1. The van der Waals surface area contributed by atoms with Gasteiger partial charge in [-0.05, 0) is 42.3 Å². The van der Waals surface area contributed by atoms with Crippen LogP contribution in [0.1, 0.15) is 17.1 Å². The van der Waals surface area contributed by atoms with Gasteiger partial charge in [0.25, 0.3) is 0 Å². The lowest BCUT2D eigenvalue weighted by Gasteiger charge is -2.12. The molecule has 26 heavy (non-hydrogen) atoms. The minimum absolute atomic E-state index is 0.488. The van der Waals surface area contributed by atoms with Crippen molar-refractivity contribution in [3.05, 3.63) is 72.1 Å². The van der Waals surface area contributed by atoms with Gasteiger partial charge in [0.2, 0.25) is 0 Å². The molecular formula is C21H20N4O. The predicted octanol–water partition coefficient (Wildman–Crippen LogP) is 4.23. The maximum absolute atomic E-state index is 6.09. The molecule has 0 aliphatic heterocycles. The summed E-state index contributed by atoms with van der Waals surface area (Å²) in [5, 5.41) is 6.56. The molecular weight excluding hydrogens is 324 g/mol. The van der Waals surface area contributed by atoms with E-state index < -0.39 is 0 Å². The molecule has 0 bridgehead atoms. The van der Waals surface area contributed by atoms with Crippen LogP contribution < -0.4 is 4.74 Å². The van der Waals surface area contributed by atoms with Crippen LogP contribution in [-0.2, 0) is 13.7 Å². The zero-order valence-corrected chi connectivity index (χ0v) is 15.1. The van der Waals surface area contributed by atoms with Crippen molar-refractivity contribution in [2.45, 2.75) is 20.5 Å². The Labute approximate surface area is 152 Å². The third-order valence-electron chi connectivity index (χ3n) is 4.66. The van der Waals surface area contributed by atoms with E-state index in [1.807, 2.05) is 56.3 Å². The van der Waals surface area contributed by atoms with Crippen molar-refractivity contribution in [3.63, 3.8) is 0 Å². The van der Waals surface area contributed by atoms with E-state index in [0.717, 1.165) is 44.7 Å². The second kappa shape index (κ2) is 6.59. The number of ether oxygens (including phenoxy) is 1. The molecule has 2 aromatic carbocycles. The lowest BCUT2D eigenvalue weighted by molar-refractivity contribution is 0.306. The zero-order chi connectivity index (χ0) is 18.1. The van der Waals surface area contributed by atoms with E-state index in [1.165, 1.54) is 0 Å². The highest BCUT2D eigenvalue weighted by atomic mass is 16.5. The van der Waals surface area contributed by atoms with Gasteiger partial charge in [0.05, 0.1) is 6.20 Å². The number of rotatable bonds is 4. The smallest absolute Gasteiger partial charge is 0.125 e. The molecule has 0 aliphatic carbocycles. The Kier molecular flexibility index (Phi) is 4.13. The van der Waals surface area contributed by atoms with Crippen LogP contribution in [0.25, 0.3) is 21.9 Å². The van der Waals surface area contributed by atoms with E-state index in [4.69, 9.17) is 4.74 Å². The van der Waals surface area contributed by atoms with E-state index >= 15 is 0 Å². The van der Waals surface area contributed by atoms with Gasteiger partial charge in [-0.3, -0.25) is 4.68 Å². The number of hydrogen-bond donors (Lipinski definition) is 0. The summed E-state index contributed by atoms with van der Waals surface area (Å²) >= 11 is 0. The average Bonchev–Trinajstić information content (AvgIpc) is 2.98. The highest BCUT2D eigenvalue weighted by molar-refractivity contribution is 5.97. The molecule has 0 amide bonds. The first-order valence-corrected chi connectivity index (χ1v) is 8.54. The largest absolute Gasteiger partial charge is 0.489 e. The highest BCUT2D eigenvalue weighted by Gasteiger charge is 2.10. The van der Waals surface area contributed by atoms with E-state index in [9.17, 15) is 0 Å². The third kappa shape index (κ3) is 3.04. The number of nitrogens with zero attached hydrogens (tertiary/aromatic N) is 4. The average molecular weight is 344 g/mol. The summed E-state index contributed by atoms with van der Waals surface area (Å²) in [4.78, 5) is 8.67. The molecule has 0 fully saturated rings. The van der Waals surface area contributed by atoms with Crippen molar-refractivity contribution in [2.24, 2.45) is 7.05 Å². The van der Waals surface area contributed by atoms with Crippen LogP contribution >= 0.6 is 0 Å². The van der Waals surface area contributed by atoms with Gasteiger partial charge in [-0.25, -0.2) is 9.97 Å². The van der Waals surface area contributed by atoms with Crippen molar-refractivity contribution in [3.8, 4) is 16.9 Å². The Balaban J connectivity index is 1.74. The fraction of sp³-hybridized carbons (Fsp3) is 0.190. The van der Waals surface area contributed by atoms with Crippen LogP contribution in [0.15, 0.2) is 55.0 Å². The first kappa shape index (κ1) is 16.3. The Morgan fingerprint density at radius 1 is 1.00 bits per heavy atom. The van der Waals surface area contributed by atoms with Gasteiger partial charge in [0, 0.05) is 36.3 Å². The Bertz CT molecular complexity index is 1070. The second-order valence-electron chi connectivity index (χ2n) is 6.38. The molecule has 0 aliphatic rings. The van der Waals surface area contributed by atoms with Crippen molar-refractivity contribution in [1.82, 2.24) is 19.7 Å². The van der Waals surface area contributed by atoms with Crippen LogP contribution in [0, 0.1) is 13.8 Å². The molecule has 0 radical (unpaired) electrons. The van der Waals surface area contributed by atoms with Crippen LogP contribution in [0.2, 0.25) is 0 Å². The van der Waals surface area contributed by atoms with Gasteiger partial charge in [0.15, 0.2) is 0 Å². The number of hydrogen-bond acceptors (Lipinski definition) is 4. The van der Waals surface area contributed by atoms with Crippen molar-refractivity contribution >= 4 is 10.8 Å². The third-order valence-corrected chi connectivity index (χ3v) is 4.66. The van der Waals surface area contributed by atoms with Crippen LogP contribution in [-0.4, -0.2) is 19.7 Å². The van der Waals surface area contributed by atoms with Crippen molar-refractivity contribution in [1.29, 1.82) is 0 Å². The van der Waals surface area contributed by atoms with Crippen molar-refractivity contribution < 1.29 is 4.74 Å². The van der Waals surface area contributed by atoms with Crippen LogP contribution in [0.4, 0.5) is 0 Å². The molecule has 0 N–H and O–H groups in total. The summed E-state index contributed by atoms with van der Waals surface area (Å²) in [6.07, 6.45) is 5.57. The fourth-order valence-corrected chi connectivity index (χ4v) is 2.98. The van der Waals surface area contributed by atoms with E-state index in [2.05, 4.69) is 39.3 Å². The lowest BCUT2D eigenvalue weighted by Crippen LogP contribution is -1.99. The van der Waals surface area contributed by atoms with E-state index in [-0.39, 0.29) is 0 Å². The summed E-state index contributed by atoms with van der Waals surface area (Å²) in [5.41, 5.74) is 4.25. The summed E-state index contributed by atoms with van der Waals surface area (Å²) in [7, 11) is 1.93. The van der Waals surface area contributed by atoms with Gasteiger partial charge in [-0.2, -0.15) is 5.10 Å². The van der Waals surface area contributed by atoms with E-state index in [1.54, 1.807) is 0 Å². The quantitative estimate of drug-likeness (QED) is 0.556. The predicted molar refractivity (Wildman–Crippen MR) is 102 cm³/mol. The van der Waals surface area contributed by atoms with Gasteiger partial charge in [-0.15, -0.1) is 0 Å². The molecule has 0 spiro atoms. The second-order valence-corrected chi connectivity index (χ2v) is 6.38. The van der Waals surface area contributed by atoms with Gasteiger partial charge in [0.1, 0.15) is 18.2 Å². The molecule has 4 rings (SSSR count). The summed E-state index contributed by atoms with van der Waals surface area (Å²) in [5.74, 6) is 1.58. The Morgan fingerprint density at radius 2 is 1.77 bits per heavy atom. The Morgan fingerprint density at radius 3 is 2.50 bits per heavy atom. The standard InChI is InChI=1S/C21H20N4O/c1-14-18(12-24-25(14)3)13-26-19-8-16-6-4-5-7-20(16)21(9-19)17-10-22-15(2)23-11-17/h4-12H,13H2,1-3H3. The summed E-state index contributed by atoms with van der Waals surface area (Å²) in [6, 6.07) is 12.4. The highest BCUT2D eigenvalue weighted by Crippen LogP contribution is 2.33. The summed E-state index contributed by atoms with van der Waals surface area (Å²) in [6.45, 7) is 4.42. The van der Waals surface area contributed by atoms with E-state index in [0.29, 0.717) is 6.61 Å². The molecule has 0 saturated heterocycles. The Hall–Kier alpha value is -3.21. The van der Waals surface area contributed by atoms with Gasteiger partial charge >= 0.3 is 0 Å². The maximum atomic E-state index is 6.09. The topological polar surface area (TPSA) is 52.8 Å². The number of aromatic nitrogens is 4.